The molecule has 1 saturated carbocycles. The van der Waals surface area contributed by atoms with Gasteiger partial charge in [0.15, 0.2) is 0 Å². The summed E-state index contributed by atoms with van der Waals surface area (Å²) in [5, 5.41) is 17.3. The molecule has 1 amide bonds. The normalized spacial score (nSPS) is 24.2. The van der Waals surface area contributed by atoms with E-state index in [1.54, 1.807) is 24.2 Å². The smallest absolute Gasteiger partial charge is 0.271 e. The van der Waals surface area contributed by atoms with Crippen LogP contribution in [0.15, 0.2) is 42.6 Å². The number of amides is 1. The topological polar surface area (TPSA) is 78.5 Å². The summed E-state index contributed by atoms with van der Waals surface area (Å²) in [6.45, 7) is 0. The average molecular weight is 329 g/mol. The van der Waals surface area contributed by atoms with Crippen molar-refractivity contribution in [3.05, 3.63) is 48.3 Å². The van der Waals surface area contributed by atoms with Gasteiger partial charge in [0.25, 0.3) is 5.91 Å². The van der Waals surface area contributed by atoms with E-state index < -0.39 is 6.10 Å². The molecular formula is C18H23N3O3. The van der Waals surface area contributed by atoms with Crippen molar-refractivity contribution < 1.29 is 14.6 Å². The Labute approximate surface area is 141 Å². The number of ether oxygens (including phenoxy) is 1. The quantitative estimate of drug-likeness (QED) is 0.843. The first-order valence-electron chi connectivity index (χ1n) is 8.33. The molecule has 0 spiro atoms. The Kier molecular flexibility index (Phi) is 5.15. The van der Waals surface area contributed by atoms with Gasteiger partial charge in [0.2, 0.25) is 0 Å². The van der Waals surface area contributed by atoms with Crippen LogP contribution in [0.1, 0.15) is 36.2 Å². The van der Waals surface area contributed by atoms with E-state index in [1.807, 2.05) is 30.3 Å². The molecule has 1 aliphatic rings. The Morgan fingerprint density at radius 2 is 2.00 bits per heavy atom. The number of para-hydroxylation sites is 1. The number of aliphatic hydroxyl groups is 1. The van der Waals surface area contributed by atoms with Crippen LogP contribution in [0.3, 0.4) is 0 Å². The zero-order chi connectivity index (χ0) is 16.9. The number of aromatic nitrogens is 2. The number of benzene rings is 1. The molecule has 0 radical (unpaired) electrons. The van der Waals surface area contributed by atoms with Gasteiger partial charge < -0.3 is 14.7 Å². The lowest BCUT2D eigenvalue weighted by Crippen LogP contribution is -2.50. The monoisotopic (exact) mass is 329 g/mol. The van der Waals surface area contributed by atoms with Crippen LogP contribution >= 0.6 is 0 Å². The molecule has 0 unspecified atom stereocenters. The van der Waals surface area contributed by atoms with Crippen molar-refractivity contribution in [2.75, 3.05) is 7.05 Å². The van der Waals surface area contributed by atoms with Gasteiger partial charge >= 0.3 is 0 Å². The molecule has 1 fully saturated rings. The summed E-state index contributed by atoms with van der Waals surface area (Å²) in [5.41, 5.74) is 0.425. The average Bonchev–Trinajstić information content (AvgIpc) is 3.08. The highest BCUT2D eigenvalue weighted by atomic mass is 16.5. The van der Waals surface area contributed by atoms with Crippen molar-refractivity contribution in [3.63, 3.8) is 0 Å². The summed E-state index contributed by atoms with van der Waals surface area (Å²) in [6, 6.07) is 10.9. The van der Waals surface area contributed by atoms with Gasteiger partial charge in [-0.15, -0.1) is 0 Å². The molecular weight excluding hydrogens is 306 g/mol. The second-order valence-corrected chi connectivity index (χ2v) is 6.20. The maximum absolute atomic E-state index is 12.5. The minimum atomic E-state index is -0.732. The van der Waals surface area contributed by atoms with Crippen LogP contribution in [0.4, 0.5) is 0 Å². The summed E-state index contributed by atoms with van der Waals surface area (Å²) in [6.07, 6.45) is 3.95. The molecule has 1 heterocycles. The Bertz CT molecular complexity index is 645. The lowest BCUT2D eigenvalue weighted by atomic mass is 10.0. The maximum atomic E-state index is 12.5. The lowest BCUT2D eigenvalue weighted by Gasteiger charge is -2.34. The molecule has 0 aliphatic heterocycles. The highest BCUT2D eigenvalue weighted by Crippen LogP contribution is 2.26. The van der Waals surface area contributed by atoms with E-state index >= 15 is 0 Å². The van der Waals surface area contributed by atoms with Crippen LogP contribution in [-0.2, 0) is 0 Å². The Balaban J connectivity index is 1.73. The lowest BCUT2D eigenvalue weighted by molar-refractivity contribution is -0.0144. The third kappa shape index (κ3) is 3.59. The zero-order valence-corrected chi connectivity index (χ0v) is 13.8. The van der Waals surface area contributed by atoms with Gasteiger partial charge in [-0.3, -0.25) is 9.89 Å². The third-order valence-corrected chi connectivity index (χ3v) is 4.59. The molecule has 24 heavy (non-hydrogen) atoms. The van der Waals surface area contributed by atoms with Crippen molar-refractivity contribution in [1.29, 1.82) is 0 Å². The molecule has 2 aromatic rings. The van der Waals surface area contributed by atoms with Gasteiger partial charge in [-0.1, -0.05) is 24.6 Å². The third-order valence-electron chi connectivity index (χ3n) is 4.59. The van der Waals surface area contributed by atoms with Gasteiger partial charge in [0.05, 0.1) is 6.04 Å². The van der Waals surface area contributed by atoms with Crippen molar-refractivity contribution in [2.45, 2.75) is 43.9 Å². The largest absolute Gasteiger partial charge is 0.488 e. The van der Waals surface area contributed by atoms with E-state index in [0.29, 0.717) is 5.69 Å². The molecule has 3 rings (SSSR count). The minimum absolute atomic E-state index is 0.170. The number of carbonyl (C=O) groups is 1. The summed E-state index contributed by atoms with van der Waals surface area (Å²) < 4.78 is 5.99. The van der Waals surface area contributed by atoms with Gasteiger partial charge in [-0.25, -0.2) is 0 Å². The number of H-pyrrole nitrogens is 1. The van der Waals surface area contributed by atoms with E-state index in [0.717, 1.165) is 31.4 Å². The SMILES string of the molecule is CN(C(=O)c1ccn[nH]1)[C@@H]1CCCC[C@@H](Oc2ccccc2)[C@@H]1O. The molecule has 1 aliphatic carbocycles. The van der Waals surface area contributed by atoms with Crippen molar-refractivity contribution in [2.24, 2.45) is 0 Å². The van der Waals surface area contributed by atoms with E-state index in [2.05, 4.69) is 10.2 Å². The summed E-state index contributed by atoms with van der Waals surface area (Å²) >= 11 is 0. The highest BCUT2D eigenvalue weighted by molar-refractivity contribution is 5.92. The Morgan fingerprint density at radius 3 is 2.71 bits per heavy atom. The number of likely N-dealkylation sites (N-methyl/N-ethyl adjacent to an activating group) is 1. The molecule has 0 bridgehead atoms. The molecule has 1 aromatic carbocycles. The van der Waals surface area contributed by atoms with Crippen LogP contribution in [0.25, 0.3) is 0 Å². The van der Waals surface area contributed by atoms with Gasteiger partial charge in [0.1, 0.15) is 23.7 Å². The van der Waals surface area contributed by atoms with Gasteiger partial charge in [-0.05, 0) is 37.5 Å². The highest BCUT2D eigenvalue weighted by Gasteiger charge is 2.36. The van der Waals surface area contributed by atoms with E-state index in [1.165, 1.54) is 0 Å². The predicted octanol–water partition coefficient (Wildman–Crippen LogP) is 2.23. The van der Waals surface area contributed by atoms with Gasteiger partial charge in [-0.2, -0.15) is 5.10 Å². The fourth-order valence-corrected chi connectivity index (χ4v) is 3.23. The van der Waals surface area contributed by atoms with E-state index in [9.17, 15) is 9.90 Å². The first-order valence-corrected chi connectivity index (χ1v) is 8.33. The van der Waals surface area contributed by atoms with Crippen LogP contribution in [-0.4, -0.2) is 51.4 Å². The molecule has 6 heteroatoms. The standard InChI is InChI=1S/C18H23N3O3/c1-21(18(23)14-11-12-19-20-14)15-9-5-6-10-16(17(15)22)24-13-7-3-2-4-8-13/h2-4,7-8,11-12,15-17,22H,5-6,9-10H2,1H3,(H,19,20)/t15-,16-,17-/m1/s1. The summed E-state index contributed by atoms with van der Waals surface area (Å²) in [5.74, 6) is 0.571. The van der Waals surface area contributed by atoms with Crippen LogP contribution in [0, 0.1) is 0 Å². The summed E-state index contributed by atoms with van der Waals surface area (Å²) in [4.78, 5) is 14.1. The second-order valence-electron chi connectivity index (χ2n) is 6.20. The number of nitrogens with one attached hydrogen (secondary N) is 1. The Morgan fingerprint density at radius 1 is 1.25 bits per heavy atom. The number of nitrogens with zero attached hydrogens (tertiary/aromatic N) is 2. The van der Waals surface area contributed by atoms with Gasteiger partial charge in [0, 0.05) is 13.2 Å². The Hall–Kier alpha value is -2.34. The molecule has 128 valence electrons. The fourth-order valence-electron chi connectivity index (χ4n) is 3.23. The van der Waals surface area contributed by atoms with Crippen LogP contribution in [0.5, 0.6) is 5.75 Å². The summed E-state index contributed by atoms with van der Waals surface area (Å²) in [7, 11) is 1.72. The van der Waals surface area contributed by atoms with Crippen LogP contribution in [0.2, 0.25) is 0 Å². The van der Waals surface area contributed by atoms with Crippen molar-refractivity contribution >= 4 is 5.91 Å². The number of rotatable bonds is 4. The number of aliphatic hydroxyl groups excluding tert-OH is 1. The molecule has 1 aromatic heterocycles. The van der Waals surface area contributed by atoms with E-state index in [-0.39, 0.29) is 18.1 Å². The first-order chi connectivity index (χ1) is 11.7. The second kappa shape index (κ2) is 7.49. The molecule has 0 saturated heterocycles. The predicted molar refractivity (Wildman–Crippen MR) is 89.8 cm³/mol. The van der Waals surface area contributed by atoms with Crippen molar-refractivity contribution in [3.8, 4) is 5.75 Å². The first kappa shape index (κ1) is 16.5. The number of hydrogen-bond donors (Lipinski definition) is 2. The fraction of sp³-hybridized carbons (Fsp3) is 0.444. The van der Waals surface area contributed by atoms with Crippen LogP contribution < -0.4 is 4.74 Å². The van der Waals surface area contributed by atoms with E-state index in [4.69, 9.17) is 4.74 Å². The number of carbonyl (C=O) groups excluding carboxylic acids is 1. The minimum Gasteiger partial charge on any atom is -0.488 e. The molecule has 6 nitrogen and oxygen atoms in total. The maximum Gasteiger partial charge on any atom is 0.271 e. The molecule has 3 atom stereocenters. The number of aromatic amines is 1. The zero-order valence-electron chi connectivity index (χ0n) is 13.8. The molecule has 2 N–H and O–H groups in total. The number of hydrogen-bond acceptors (Lipinski definition) is 4. The van der Waals surface area contributed by atoms with Crippen molar-refractivity contribution in [1.82, 2.24) is 15.1 Å².